The van der Waals surface area contributed by atoms with Crippen molar-refractivity contribution in [1.29, 1.82) is 0 Å². The van der Waals surface area contributed by atoms with E-state index in [1.165, 1.54) is 0 Å². The molecule has 1 aliphatic rings. The first-order valence-electron chi connectivity index (χ1n) is 9.73. The number of hydrogen-bond acceptors (Lipinski definition) is 5. The van der Waals surface area contributed by atoms with E-state index in [2.05, 4.69) is 27.0 Å². The van der Waals surface area contributed by atoms with Crippen molar-refractivity contribution in [1.82, 2.24) is 25.0 Å². The third-order valence-corrected chi connectivity index (χ3v) is 5.42. The third kappa shape index (κ3) is 3.45. The van der Waals surface area contributed by atoms with Crippen molar-refractivity contribution in [3.63, 3.8) is 0 Å². The molecule has 1 saturated heterocycles. The molecule has 146 valence electrons. The molecule has 1 aromatic carbocycles. The molecule has 0 aliphatic carbocycles. The zero-order valence-electron chi connectivity index (χ0n) is 16.3. The Bertz CT molecular complexity index is 996. The van der Waals surface area contributed by atoms with Crippen molar-refractivity contribution >= 4 is 16.9 Å². The first kappa shape index (κ1) is 18.4. The molecule has 0 saturated carbocycles. The molecule has 1 aliphatic heterocycles. The Labute approximate surface area is 164 Å². The van der Waals surface area contributed by atoms with Crippen LogP contribution >= 0.6 is 0 Å². The van der Waals surface area contributed by atoms with Crippen molar-refractivity contribution in [3.8, 4) is 17.0 Å². The third-order valence-electron chi connectivity index (χ3n) is 5.42. The summed E-state index contributed by atoms with van der Waals surface area (Å²) in [6, 6.07) is 8.67. The fourth-order valence-electron chi connectivity index (χ4n) is 3.78. The summed E-state index contributed by atoms with van der Waals surface area (Å²) in [6.45, 7) is 8.47. The summed E-state index contributed by atoms with van der Waals surface area (Å²) >= 11 is 0. The molecule has 0 atom stereocenters. The van der Waals surface area contributed by atoms with Gasteiger partial charge in [0.05, 0.1) is 16.6 Å². The monoisotopic (exact) mass is 379 g/mol. The van der Waals surface area contributed by atoms with E-state index in [-0.39, 0.29) is 11.7 Å². The number of hydrogen-bond donors (Lipinski definition) is 2. The summed E-state index contributed by atoms with van der Waals surface area (Å²) < 4.78 is 0. The lowest BCUT2D eigenvalue weighted by atomic mass is 10.0. The first-order valence-corrected chi connectivity index (χ1v) is 9.73. The topological polar surface area (TPSA) is 85.3 Å². The van der Waals surface area contributed by atoms with Gasteiger partial charge >= 0.3 is 0 Å². The van der Waals surface area contributed by atoms with Crippen LogP contribution in [0.5, 0.6) is 5.75 Å². The van der Waals surface area contributed by atoms with E-state index in [9.17, 15) is 9.90 Å². The number of aromatic hydroxyl groups is 1. The van der Waals surface area contributed by atoms with Crippen LogP contribution in [0.3, 0.4) is 0 Å². The average Bonchev–Trinajstić information content (AvgIpc) is 2.93. The van der Waals surface area contributed by atoms with Gasteiger partial charge in [0.1, 0.15) is 5.75 Å². The summed E-state index contributed by atoms with van der Waals surface area (Å²) in [4.78, 5) is 22.4. The molecule has 3 aromatic rings. The Morgan fingerprint density at radius 1 is 1.18 bits per heavy atom. The predicted octanol–water partition coefficient (Wildman–Crippen LogP) is 2.81. The quantitative estimate of drug-likeness (QED) is 0.731. The van der Waals surface area contributed by atoms with Gasteiger partial charge in [-0.05, 0) is 56.8 Å². The number of carbonyl (C=O) groups excluding carboxylic acids is 1. The number of nitrogens with zero attached hydrogens (tertiary/aromatic N) is 4. The Hall–Kier alpha value is -2.93. The highest BCUT2D eigenvalue weighted by molar-refractivity contribution is 6.07. The number of rotatable bonds is 3. The number of fused-ring (bicyclic) bond motifs is 1. The largest absolute Gasteiger partial charge is 0.508 e. The van der Waals surface area contributed by atoms with Crippen LogP contribution in [0.1, 0.15) is 29.4 Å². The van der Waals surface area contributed by atoms with Crippen LogP contribution in [0.2, 0.25) is 0 Å². The number of carbonyl (C=O) groups is 1. The molecule has 0 radical (unpaired) electrons. The zero-order chi connectivity index (χ0) is 19.7. The SMILES string of the molecule is CCN1CCCN(C(=O)c2cc(-c3ccc(O)cc3)nc3n[nH]c(C)c23)CC1. The van der Waals surface area contributed by atoms with Crippen molar-refractivity contribution in [2.75, 3.05) is 32.7 Å². The van der Waals surface area contributed by atoms with Gasteiger partial charge in [0.25, 0.3) is 5.91 Å². The number of aromatic amines is 1. The summed E-state index contributed by atoms with van der Waals surface area (Å²) in [5.41, 5.74) is 3.52. The fraction of sp³-hybridized carbons (Fsp3) is 0.381. The fourth-order valence-corrected chi connectivity index (χ4v) is 3.78. The molecular formula is C21H25N5O2. The van der Waals surface area contributed by atoms with E-state index in [1.807, 2.05) is 17.9 Å². The maximum Gasteiger partial charge on any atom is 0.254 e. The Kier molecular flexibility index (Phi) is 5.00. The van der Waals surface area contributed by atoms with Crippen LogP contribution in [0.25, 0.3) is 22.3 Å². The first-order chi connectivity index (χ1) is 13.6. The lowest BCUT2D eigenvalue weighted by molar-refractivity contribution is 0.0763. The number of aryl methyl sites for hydroxylation is 1. The van der Waals surface area contributed by atoms with E-state index in [0.29, 0.717) is 16.9 Å². The predicted molar refractivity (Wildman–Crippen MR) is 108 cm³/mol. The lowest BCUT2D eigenvalue weighted by Gasteiger charge is -2.22. The zero-order valence-corrected chi connectivity index (χ0v) is 16.3. The standard InChI is InChI=1S/C21H25N5O2/c1-3-25-9-4-10-26(12-11-25)21(28)17-13-18(15-5-7-16(27)8-6-15)22-20-19(17)14(2)23-24-20/h5-8,13,27H,3-4,9-12H2,1-2H3,(H,22,23,24). The van der Waals surface area contributed by atoms with Gasteiger partial charge in [0, 0.05) is 30.9 Å². The summed E-state index contributed by atoms with van der Waals surface area (Å²) in [5, 5.41) is 17.6. The second kappa shape index (κ2) is 7.59. The van der Waals surface area contributed by atoms with Gasteiger partial charge in [-0.1, -0.05) is 6.92 Å². The van der Waals surface area contributed by atoms with Crippen molar-refractivity contribution in [2.24, 2.45) is 0 Å². The minimum Gasteiger partial charge on any atom is -0.508 e. The number of phenols is 1. The molecular weight excluding hydrogens is 354 g/mol. The van der Waals surface area contributed by atoms with Crippen LogP contribution in [0.4, 0.5) is 0 Å². The normalized spacial score (nSPS) is 15.7. The molecule has 7 nitrogen and oxygen atoms in total. The van der Waals surface area contributed by atoms with Crippen LogP contribution in [0.15, 0.2) is 30.3 Å². The van der Waals surface area contributed by atoms with Gasteiger partial charge < -0.3 is 14.9 Å². The summed E-state index contributed by atoms with van der Waals surface area (Å²) in [6.07, 6.45) is 0.975. The Morgan fingerprint density at radius 3 is 2.71 bits per heavy atom. The average molecular weight is 379 g/mol. The van der Waals surface area contributed by atoms with E-state index < -0.39 is 0 Å². The van der Waals surface area contributed by atoms with Gasteiger partial charge in [-0.2, -0.15) is 5.10 Å². The maximum absolute atomic E-state index is 13.4. The van der Waals surface area contributed by atoms with Crippen molar-refractivity contribution in [2.45, 2.75) is 20.3 Å². The molecule has 3 heterocycles. The number of amides is 1. The second-order valence-electron chi connectivity index (χ2n) is 7.23. The molecule has 4 rings (SSSR count). The summed E-state index contributed by atoms with van der Waals surface area (Å²) in [7, 11) is 0. The minimum absolute atomic E-state index is 0.0230. The van der Waals surface area contributed by atoms with Crippen molar-refractivity contribution < 1.29 is 9.90 Å². The number of benzene rings is 1. The highest BCUT2D eigenvalue weighted by Crippen LogP contribution is 2.28. The number of aromatic nitrogens is 3. The molecule has 0 bridgehead atoms. The number of likely N-dealkylation sites (N-methyl/N-ethyl adjacent to an activating group) is 1. The number of phenolic OH excluding ortho intramolecular Hbond substituents is 1. The van der Waals surface area contributed by atoms with Crippen LogP contribution in [0, 0.1) is 6.92 Å². The van der Waals surface area contributed by atoms with Gasteiger partial charge in [-0.25, -0.2) is 4.98 Å². The van der Waals surface area contributed by atoms with Crippen LogP contribution in [-0.2, 0) is 0 Å². The van der Waals surface area contributed by atoms with Crippen LogP contribution < -0.4 is 0 Å². The Balaban J connectivity index is 1.75. The number of nitrogens with one attached hydrogen (secondary N) is 1. The highest BCUT2D eigenvalue weighted by atomic mass is 16.3. The van der Waals surface area contributed by atoms with E-state index >= 15 is 0 Å². The smallest absolute Gasteiger partial charge is 0.254 e. The summed E-state index contributed by atoms with van der Waals surface area (Å²) in [5.74, 6) is 0.219. The van der Waals surface area contributed by atoms with Gasteiger partial charge in [0.15, 0.2) is 5.65 Å². The van der Waals surface area contributed by atoms with Crippen molar-refractivity contribution in [3.05, 3.63) is 41.6 Å². The lowest BCUT2D eigenvalue weighted by Crippen LogP contribution is -2.35. The minimum atomic E-state index is 0.0230. The maximum atomic E-state index is 13.4. The van der Waals surface area contributed by atoms with E-state index in [0.717, 1.165) is 55.8 Å². The number of H-pyrrole nitrogens is 1. The van der Waals surface area contributed by atoms with E-state index in [1.54, 1.807) is 24.3 Å². The molecule has 1 amide bonds. The molecule has 0 spiro atoms. The molecule has 0 unspecified atom stereocenters. The Morgan fingerprint density at radius 2 is 1.96 bits per heavy atom. The molecule has 1 fully saturated rings. The van der Waals surface area contributed by atoms with Gasteiger partial charge in [-0.3, -0.25) is 9.89 Å². The molecule has 28 heavy (non-hydrogen) atoms. The molecule has 2 N–H and O–H groups in total. The number of pyridine rings is 1. The van der Waals surface area contributed by atoms with Gasteiger partial charge in [0.2, 0.25) is 0 Å². The molecule has 2 aromatic heterocycles. The molecule has 7 heteroatoms. The van der Waals surface area contributed by atoms with Crippen LogP contribution in [-0.4, -0.2) is 68.7 Å². The second-order valence-corrected chi connectivity index (χ2v) is 7.23. The highest BCUT2D eigenvalue weighted by Gasteiger charge is 2.24. The van der Waals surface area contributed by atoms with Gasteiger partial charge in [-0.15, -0.1) is 0 Å². The van der Waals surface area contributed by atoms with E-state index in [4.69, 9.17) is 0 Å².